The Kier molecular flexibility index (Phi) is 4.32. The number of fused-ring (bicyclic) bond motifs is 2. The topological polar surface area (TPSA) is 46.2 Å². The summed E-state index contributed by atoms with van der Waals surface area (Å²) in [7, 11) is 0. The summed E-state index contributed by atoms with van der Waals surface area (Å²) < 4.78 is 0. The Bertz CT molecular complexity index is 911. The van der Waals surface area contributed by atoms with Crippen LogP contribution in [0.15, 0.2) is 42.5 Å². The van der Waals surface area contributed by atoms with E-state index in [1.165, 1.54) is 0 Å². The molecule has 3 nitrogen and oxygen atoms in total. The van der Waals surface area contributed by atoms with Gasteiger partial charge in [0.25, 0.3) is 0 Å². The summed E-state index contributed by atoms with van der Waals surface area (Å²) in [6, 6.07) is 13.1. The molecule has 134 valence electrons. The van der Waals surface area contributed by atoms with Crippen LogP contribution in [0.2, 0.25) is 10.0 Å². The summed E-state index contributed by atoms with van der Waals surface area (Å²) in [4.78, 5) is 25.9. The van der Waals surface area contributed by atoms with Crippen LogP contribution >= 0.6 is 23.2 Å². The molecule has 1 N–H and O–H groups in total. The van der Waals surface area contributed by atoms with E-state index in [1.54, 1.807) is 6.07 Å². The molecule has 3 unspecified atom stereocenters. The lowest BCUT2D eigenvalue weighted by Crippen LogP contribution is -2.51. The Hall–Kier alpha value is -1.84. The minimum Gasteiger partial charge on any atom is -0.325 e. The molecule has 1 saturated carbocycles. The second-order valence-corrected chi connectivity index (χ2v) is 8.05. The van der Waals surface area contributed by atoms with Crippen LogP contribution in [-0.4, -0.2) is 11.7 Å². The Morgan fingerprint density at radius 3 is 2.58 bits per heavy atom. The van der Waals surface area contributed by atoms with Gasteiger partial charge in [0, 0.05) is 34.5 Å². The van der Waals surface area contributed by atoms with Crippen molar-refractivity contribution in [1.29, 1.82) is 0 Å². The van der Waals surface area contributed by atoms with Crippen molar-refractivity contribution in [3.05, 3.63) is 63.6 Å². The molecule has 2 aliphatic rings. The molecule has 1 heterocycles. The second-order valence-electron chi connectivity index (χ2n) is 7.17. The van der Waals surface area contributed by atoms with Crippen LogP contribution in [0.3, 0.4) is 0 Å². The second kappa shape index (κ2) is 6.40. The largest absolute Gasteiger partial charge is 0.325 e. The van der Waals surface area contributed by atoms with Gasteiger partial charge in [-0.2, -0.15) is 0 Å². The molecule has 26 heavy (non-hydrogen) atoms. The smallest absolute Gasteiger partial charge is 0.236 e. The minimum atomic E-state index is -0.771. The van der Waals surface area contributed by atoms with Gasteiger partial charge in [-0.15, -0.1) is 0 Å². The average molecular weight is 388 g/mol. The Balaban J connectivity index is 1.97. The molecule has 0 saturated heterocycles. The van der Waals surface area contributed by atoms with E-state index in [-0.39, 0.29) is 23.5 Å². The number of carbonyl (C=O) groups is 2. The number of carbonyl (C=O) groups excluding carboxylic acids is 2. The fourth-order valence-corrected chi connectivity index (χ4v) is 5.21. The van der Waals surface area contributed by atoms with Crippen LogP contribution in [0.25, 0.3) is 0 Å². The Morgan fingerprint density at radius 1 is 1.08 bits per heavy atom. The zero-order chi connectivity index (χ0) is 18.5. The van der Waals surface area contributed by atoms with E-state index in [2.05, 4.69) is 5.32 Å². The van der Waals surface area contributed by atoms with E-state index >= 15 is 0 Å². The number of halogens is 2. The maximum Gasteiger partial charge on any atom is 0.236 e. The maximum absolute atomic E-state index is 13.4. The van der Waals surface area contributed by atoms with Crippen molar-refractivity contribution in [2.24, 2.45) is 5.92 Å². The number of hydrogen-bond donors (Lipinski definition) is 1. The van der Waals surface area contributed by atoms with Crippen LogP contribution in [0.1, 0.15) is 43.2 Å². The third-order valence-electron chi connectivity index (χ3n) is 5.89. The van der Waals surface area contributed by atoms with Gasteiger partial charge in [-0.25, -0.2) is 0 Å². The quantitative estimate of drug-likeness (QED) is 0.753. The summed E-state index contributed by atoms with van der Waals surface area (Å²) >= 11 is 12.4. The highest BCUT2D eigenvalue weighted by Crippen LogP contribution is 2.57. The van der Waals surface area contributed by atoms with Crippen LogP contribution in [0.5, 0.6) is 0 Å². The molecular weight excluding hydrogens is 369 g/mol. The zero-order valence-corrected chi connectivity index (χ0v) is 15.9. The third kappa shape index (κ3) is 2.49. The van der Waals surface area contributed by atoms with Gasteiger partial charge in [-0.3, -0.25) is 9.59 Å². The van der Waals surface area contributed by atoms with Crippen molar-refractivity contribution < 1.29 is 9.59 Å². The van der Waals surface area contributed by atoms with Gasteiger partial charge in [0.05, 0.1) is 5.41 Å². The number of nitrogens with one attached hydrogen (secondary N) is 1. The summed E-state index contributed by atoms with van der Waals surface area (Å²) in [6.45, 7) is 2.04. The number of amides is 1. The summed E-state index contributed by atoms with van der Waals surface area (Å²) in [5.41, 5.74) is 1.85. The molecule has 5 heteroatoms. The molecule has 4 rings (SSSR count). The molecule has 2 aromatic rings. The van der Waals surface area contributed by atoms with E-state index in [0.717, 1.165) is 23.2 Å². The van der Waals surface area contributed by atoms with E-state index in [1.807, 2.05) is 43.3 Å². The highest BCUT2D eigenvalue weighted by Gasteiger charge is 2.59. The lowest BCUT2D eigenvalue weighted by atomic mass is 9.54. The molecule has 0 radical (unpaired) electrons. The van der Waals surface area contributed by atoms with E-state index < -0.39 is 5.41 Å². The van der Waals surface area contributed by atoms with Gasteiger partial charge in [0.2, 0.25) is 5.91 Å². The Labute approximate surface area is 162 Å². The van der Waals surface area contributed by atoms with Gasteiger partial charge in [-0.05, 0) is 41.3 Å². The SMILES string of the molecule is CCC1CC(=O)CC(c2cccc(Cl)c2)C12C(=O)Nc1cc(Cl)ccc12. The number of ketones is 1. The number of Topliss-reactive ketones (excluding diaryl/α,β-unsaturated/α-hetero) is 1. The molecule has 1 aliphatic carbocycles. The summed E-state index contributed by atoms with van der Waals surface area (Å²) in [5, 5.41) is 4.22. The van der Waals surface area contributed by atoms with Crippen molar-refractivity contribution >= 4 is 40.6 Å². The monoisotopic (exact) mass is 387 g/mol. The number of rotatable bonds is 2. The molecule has 1 amide bonds. The molecule has 1 aliphatic heterocycles. The lowest BCUT2D eigenvalue weighted by Gasteiger charge is -2.45. The zero-order valence-electron chi connectivity index (χ0n) is 14.4. The maximum atomic E-state index is 13.4. The first-order valence-corrected chi connectivity index (χ1v) is 9.61. The van der Waals surface area contributed by atoms with Crippen LogP contribution in [0.4, 0.5) is 5.69 Å². The van der Waals surface area contributed by atoms with Gasteiger partial charge >= 0.3 is 0 Å². The van der Waals surface area contributed by atoms with E-state index in [4.69, 9.17) is 23.2 Å². The first-order chi connectivity index (χ1) is 12.5. The van der Waals surface area contributed by atoms with Crippen molar-refractivity contribution in [2.45, 2.75) is 37.5 Å². The third-order valence-corrected chi connectivity index (χ3v) is 6.36. The first-order valence-electron chi connectivity index (χ1n) is 8.85. The van der Waals surface area contributed by atoms with Gasteiger partial charge in [-0.1, -0.05) is 54.7 Å². The highest BCUT2D eigenvalue weighted by atomic mass is 35.5. The number of hydrogen-bond acceptors (Lipinski definition) is 2. The van der Waals surface area contributed by atoms with Gasteiger partial charge < -0.3 is 5.32 Å². The Morgan fingerprint density at radius 2 is 1.85 bits per heavy atom. The van der Waals surface area contributed by atoms with Gasteiger partial charge in [0.1, 0.15) is 5.78 Å². The van der Waals surface area contributed by atoms with Gasteiger partial charge in [0.15, 0.2) is 0 Å². The average Bonchev–Trinajstić information content (AvgIpc) is 2.88. The fraction of sp³-hybridized carbons (Fsp3) is 0.333. The molecule has 2 aromatic carbocycles. The number of benzene rings is 2. The van der Waals surface area contributed by atoms with Crippen molar-refractivity contribution in [3.63, 3.8) is 0 Å². The van der Waals surface area contributed by atoms with E-state index in [0.29, 0.717) is 22.9 Å². The van der Waals surface area contributed by atoms with Crippen molar-refractivity contribution in [2.75, 3.05) is 5.32 Å². The van der Waals surface area contributed by atoms with Crippen LogP contribution in [0, 0.1) is 5.92 Å². The lowest BCUT2D eigenvalue weighted by molar-refractivity contribution is -0.131. The van der Waals surface area contributed by atoms with Crippen LogP contribution in [-0.2, 0) is 15.0 Å². The molecule has 1 fully saturated rings. The molecular formula is C21H19Cl2NO2. The van der Waals surface area contributed by atoms with Crippen LogP contribution < -0.4 is 5.32 Å². The van der Waals surface area contributed by atoms with E-state index in [9.17, 15) is 9.59 Å². The normalized spacial score (nSPS) is 27.5. The predicted octanol–water partition coefficient (Wildman–Crippen LogP) is 5.36. The standard InChI is InChI=1S/C21H19Cl2NO2/c1-2-13-9-16(25)11-18(12-4-3-5-14(22)8-12)21(13)17-7-6-15(23)10-19(17)24-20(21)26/h3-8,10,13,18H,2,9,11H2,1H3,(H,24,26). The summed E-state index contributed by atoms with van der Waals surface area (Å²) in [5.74, 6) is -0.147. The molecule has 1 spiro atoms. The van der Waals surface area contributed by atoms with Crippen molar-refractivity contribution in [3.8, 4) is 0 Å². The molecule has 0 aromatic heterocycles. The minimum absolute atomic E-state index is 0.0425. The molecule has 0 bridgehead atoms. The first kappa shape index (κ1) is 17.6. The van der Waals surface area contributed by atoms with Crippen molar-refractivity contribution in [1.82, 2.24) is 0 Å². The fourth-order valence-electron chi connectivity index (χ4n) is 4.84. The highest BCUT2D eigenvalue weighted by molar-refractivity contribution is 6.31. The predicted molar refractivity (Wildman–Crippen MR) is 104 cm³/mol. The number of anilines is 1. The summed E-state index contributed by atoms with van der Waals surface area (Å²) in [6.07, 6.45) is 1.51. The molecule has 3 atom stereocenters.